The van der Waals surface area contributed by atoms with Gasteiger partial charge in [0, 0.05) is 50.3 Å². The number of phenols is 1. The predicted molar refractivity (Wildman–Crippen MR) is 193 cm³/mol. The highest BCUT2D eigenvalue weighted by molar-refractivity contribution is 5.90. The van der Waals surface area contributed by atoms with Gasteiger partial charge in [-0.2, -0.15) is 0 Å². The second kappa shape index (κ2) is 14.7. The monoisotopic (exact) mass is 632 g/mol. The third-order valence-electron chi connectivity index (χ3n) is 9.31. The molecule has 1 fully saturated rings. The first kappa shape index (κ1) is 34.2. The third kappa shape index (κ3) is 9.01. The first-order valence-corrected chi connectivity index (χ1v) is 17.1. The van der Waals surface area contributed by atoms with E-state index in [1.165, 1.54) is 11.1 Å². The number of urea groups is 1. The van der Waals surface area contributed by atoms with E-state index in [0.29, 0.717) is 12.3 Å². The molecule has 2 heterocycles. The molecule has 0 unspecified atom stereocenters. The standard InChI is InChI=1S/C41H52N4O2/c1-40(2,3)35-25-31(26-36(38(35)46)41(4,5)6)18-19-33-16-10-11-17-37(33)43-39(47)45(29-32-15-12-22-42-27-32)34-20-23-44(24-21-34)28-30-13-8-7-9-14-30/h7-17,22,25-27,34,46H,18-21,23-24,28-29H2,1-6H3,(H,43,47). The van der Waals surface area contributed by atoms with Gasteiger partial charge in [-0.05, 0) is 82.0 Å². The molecule has 5 rings (SSSR count). The van der Waals surface area contributed by atoms with Crippen LogP contribution >= 0.6 is 0 Å². The van der Waals surface area contributed by atoms with Gasteiger partial charge in [0.2, 0.25) is 0 Å². The molecule has 4 aromatic rings. The van der Waals surface area contributed by atoms with Crippen LogP contribution in [-0.2, 0) is 36.8 Å². The lowest BCUT2D eigenvalue weighted by Gasteiger charge is -2.38. The van der Waals surface area contributed by atoms with Crippen molar-refractivity contribution in [3.63, 3.8) is 0 Å². The Hall–Kier alpha value is -4.16. The molecule has 1 saturated heterocycles. The normalized spacial score (nSPS) is 14.6. The molecule has 0 aliphatic carbocycles. The summed E-state index contributed by atoms with van der Waals surface area (Å²) in [7, 11) is 0. The van der Waals surface area contributed by atoms with E-state index in [0.717, 1.165) is 73.3 Å². The number of rotatable bonds is 9. The molecule has 6 heteroatoms. The van der Waals surface area contributed by atoms with Gasteiger partial charge in [0.25, 0.3) is 0 Å². The van der Waals surface area contributed by atoms with Crippen LogP contribution in [0.2, 0.25) is 0 Å². The van der Waals surface area contributed by atoms with Crippen molar-refractivity contribution in [1.29, 1.82) is 0 Å². The van der Waals surface area contributed by atoms with Gasteiger partial charge in [-0.15, -0.1) is 0 Å². The van der Waals surface area contributed by atoms with Gasteiger partial charge in [-0.25, -0.2) is 4.79 Å². The number of aryl methyl sites for hydroxylation is 2. The maximum Gasteiger partial charge on any atom is 0.322 e. The van der Waals surface area contributed by atoms with E-state index < -0.39 is 0 Å². The van der Waals surface area contributed by atoms with Gasteiger partial charge < -0.3 is 15.3 Å². The summed E-state index contributed by atoms with van der Waals surface area (Å²) in [5.41, 5.74) is 7.08. The Bertz CT molecular complexity index is 1580. The molecule has 2 N–H and O–H groups in total. The molecule has 6 nitrogen and oxygen atoms in total. The minimum atomic E-state index is -0.179. The molecule has 0 spiro atoms. The number of aromatic hydroxyl groups is 1. The molecule has 248 valence electrons. The Balaban J connectivity index is 1.32. The van der Waals surface area contributed by atoms with Crippen LogP contribution in [0.15, 0.2) is 91.3 Å². The number of piperidine rings is 1. The number of phenolic OH excluding ortho intramolecular Hbond substituents is 1. The second-order valence-electron chi connectivity index (χ2n) is 15.1. The lowest BCUT2D eigenvalue weighted by atomic mass is 9.78. The first-order chi connectivity index (χ1) is 22.4. The summed E-state index contributed by atoms with van der Waals surface area (Å²) >= 11 is 0. The van der Waals surface area contributed by atoms with Gasteiger partial charge in [-0.1, -0.05) is 108 Å². The fourth-order valence-corrected chi connectivity index (χ4v) is 6.59. The zero-order valence-electron chi connectivity index (χ0n) is 29.1. The van der Waals surface area contributed by atoms with Crippen molar-refractivity contribution in [2.45, 2.75) is 97.2 Å². The molecule has 47 heavy (non-hydrogen) atoms. The molecule has 1 aliphatic heterocycles. The zero-order chi connectivity index (χ0) is 33.6. The smallest absolute Gasteiger partial charge is 0.322 e. The third-order valence-corrected chi connectivity index (χ3v) is 9.31. The SMILES string of the molecule is CC(C)(C)c1cc(CCc2ccccc2NC(=O)N(Cc2cccnc2)C2CCN(Cc3ccccc3)CC2)cc(C(C)(C)C)c1O. The van der Waals surface area contributed by atoms with Gasteiger partial charge in [0.1, 0.15) is 5.75 Å². The van der Waals surface area contributed by atoms with E-state index in [1.807, 2.05) is 41.4 Å². The highest BCUT2D eigenvalue weighted by Gasteiger charge is 2.29. The van der Waals surface area contributed by atoms with E-state index >= 15 is 0 Å². The maximum atomic E-state index is 14.1. The Morgan fingerprint density at radius 1 is 0.830 bits per heavy atom. The number of amides is 2. The molecule has 0 bridgehead atoms. The summed E-state index contributed by atoms with van der Waals surface area (Å²) in [6.07, 6.45) is 7.06. The number of anilines is 1. The fraction of sp³-hybridized carbons (Fsp3) is 0.415. The zero-order valence-corrected chi connectivity index (χ0v) is 29.1. The van der Waals surface area contributed by atoms with E-state index in [1.54, 1.807) is 6.20 Å². The Labute approximate surface area is 281 Å². The van der Waals surface area contributed by atoms with Crippen molar-refractivity contribution in [3.8, 4) is 5.75 Å². The van der Waals surface area contributed by atoms with Crippen LogP contribution in [0.1, 0.15) is 87.8 Å². The number of likely N-dealkylation sites (tertiary alicyclic amines) is 1. The Morgan fingerprint density at radius 3 is 2.06 bits per heavy atom. The van der Waals surface area contributed by atoms with Crippen LogP contribution in [0, 0.1) is 0 Å². The van der Waals surface area contributed by atoms with Crippen molar-refractivity contribution >= 4 is 11.7 Å². The Morgan fingerprint density at radius 2 is 1.45 bits per heavy atom. The van der Waals surface area contributed by atoms with Crippen LogP contribution in [-0.4, -0.2) is 45.1 Å². The molecule has 1 aromatic heterocycles. The minimum absolute atomic E-state index is 0.0718. The van der Waals surface area contributed by atoms with Crippen LogP contribution in [0.3, 0.4) is 0 Å². The van der Waals surface area contributed by atoms with Crippen molar-refractivity contribution in [2.75, 3.05) is 18.4 Å². The van der Waals surface area contributed by atoms with Crippen molar-refractivity contribution in [3.05, 3.63) is 125 Å². The number of nitrogens with zero attached hydrogens (tertiary/aromatic N) is 3. The lowest BCUT2D eigenvalue weighted by molar-refractivity contribution is 0.119. The molecule has 3 aromatic carbocycles. The number of hydrogen-bond acceptors (Lipinski definition) is 4. The minimum Gasteiger partial charge on any atom is -0.507 e. The number of carbonyl (C=O) groups is 1. The summed E-state index contributed by atoms with van der Waals surface area (Å²) in [4.78, 5) is 22.9. The number of pyridine rings is 1. The second-order valence-corrected chi connectivity index (χ2v) is 15.1. The highest BCUT2D eigenvalue weighted by Crippen LogP contribution is 2.40. The number of benzene rings is 3. The summed E-state index contributed by atoms with van der Waals surface area (Å²) in [6, 6.07) is 27.1. The Kier molecular flexibility index (Phi) is 10.7. The summed E-state index contributed by atoms with van der Waals surface area (Å²) < 4.78 is 0. The predicted octanol–water partition coefficient (Wildman–Crippen LogP) is 8.87. The van der Waals surface area contributed by atoms with E-state index in [4.69, 9.17) is 0 Å². The number of aromatic nitrogens is 1. The molecular formula is C41H52N4O2. The largest absolute Gasteiger partial charge is 0.507 e. The van der Waals surface area contributed by atoms with Crippen molar-refractivity contribution in [2.24, 2.45) is 0 Å². The van der Waals surface area contributed by atoms with E-state index in [2.05, 4.69) is 105 Å². The molecule has 0 saturated carbocycles. The number of para-hydroxylation sites is 1. The van der Waals surface area contributed by atoms with Gasteiger partial charge in [0.05, 0.1) is 0 Å². The van der Waals surface area contributed by atoms with E-state index in [9.17, 15) is 9.90 Å². The van der Waals surface area contributed by atoms with Crippen LogP contribution in [0.4, 0.5) is 10.5 Å². The summed E-state index contributed by atoms with van der Waals surface area (Å²) in [6.45, 7) is 16.2. The van der Waals surface area contributed by atoms with Crippen molar-refractivity contribution in [1.82, 2.24) is 14.8 Å². The lowest BCUT2D eigenvalue weighted by Crippen LogP contribution is -2.48. The molecule has 1 aliphatic rings. The van der Waals surface area contributed by atoms with Crippen LogP contribution < -0.4 is 5.32 Å². The average molecular weight is 633 g/mol. The average Bonchev–Trinajstić information content (AvgIpc) is 3.04. The molecule has 2 amide bonds. The van der Waals surface area contributed by atoms with Crippen LogP contribution in [0.25, 0.3) is 0 Å². The first-order valence-electron chi connectivity index (χ1n) is 17.1. The van der Waals surface area contributed by atoms with Gasteiger partial charge in [0.15, 0.2) is 0 Å². The van der Waals surface area contributed by atoms with Crippen molar-refractivity contribution < 1.29 is 9.90 Å². The molecular weight excluding hydrogens is 580 g/mol. The van der Waals surface area contributed by atoms with E-state index in [-0.39, 0.29) is 22.9 Å². The topological polar surface area (TPSA) is 68.7 Å². The van der Waals surface area contributed by atoms with Crippen LogP contribution in [0.5, 0.6) is 5.75 Å². The summed E-state index contributed by atoms with van der Waals surface area (Å²) in [5.74, 6) is 0.404. The maximum absolute atomic E-state index is 14.1. The van der Waals surface area contributed by atoms with Gasteiger partial charge in [-0.3, -0.25) is 9.88 Å². The summed E-state index contributed by atoms with van der Waals surface area (Å²) in [5, 5.41) is 14.5. The van der Waals surface area contributed by atoms with Gasteiger partial charge >= 0.3 is 6.03 Å². The molecule has 0 atom stereocenters. The highest BCUT2D eigenvalue weighted by atomic mass is 16.3. The number of carbonyl (C=O) groups excluding carboxylic acids is 1. The molecule has 0 radical (unpaired) electrons. The quantitative estimate of drug-likeness (QED) is 0.193. The fourth-order valence-electron chi connectivity index (χ4n) is 6.59. The number of nitrogens with one attached hydrogen (secondary N) is 1. The number of hydrogen-bond donors (Lipinski definition) is 2.